The van der Waals surface area contributed by atoms with Crippen LogP contribution in [0.5, 0.6) is 5.75 Å². The van der Waals surface area contributed by atoms with Crippen LogP contribution in [0.4, 0.5) is 10.1 Å². The summed E-state index contributed by atoms with van der Waals surface area (Å²) in [6.45, 7) is 7.45. The van der Waals surface area contributed by atoms with Gasteiger partial charge in [0.25, 0.3) is 0 Å². The van der Waals surface area contributed by atoms with E-state index in [2.05, 4.69) is 43.4 Å². The molecule has 2 aromatic carbocycles. The summed E-state index contributed by atoms with van der Waals surface area (Å²) in [5.41, 5.74) is 2.29. The van der Waals surface area contributed by atoms with E-state index in [0.717, 1.165) is 35.2 Å². The van der Waals surface area contributed by atoms with Gasteiger partial charge >= 0.3 is 0 Å². The van der Waals surface area contributed by atoms with Gasteiger partial charge in [0.2, 0.25) is 0 Å². The molecular formula is C24H32BrFN4O. The van der Waals surface area contributed by atoms with Gasteiger partial charge in [0.15, 0.2) is 5.96 Å². The topological polar surface area (TPSA) is 59.9 Å². The molecule has 0 spiro atoms. The number of nitrogens with zero attached hydrogens (tertiary/aromatic N) is 2. The van der Waals surface area contributed by atoms with E-state index in [-0.39, 0.29) is 18.1 Å². The fourth-order valence-corrected chi connectivity index (χ4v) is 4.27. The molecule has 1 aliphatic heterocycles. The van der Waals surface area contributed by atoms with Crippen molar-refractivity contribution in [3.05, 3.63) is 57.8 Å². The third kappa shape index (κ3) is 7.21. The molecule has 7 heteroatoms. The Balaban J connectivity index is 1.65. The first-order valence-electron chi connectivity index (χ1n) is 11.0. The fraction of sp³-hybridized carbons (Fsp3) is 0.458. The maximum absolute atomic E-state index is 14.1. The molecule has 2 aromatic rings. The van der Waals surface area contributed by atoms with Crippen molar-refractivity contribution in [3.63, 3.8) is 0 Å². The van der Waals surface area contributed by atoms with Gasteiger partial charge in [0.05, 0.1) is 6.54 Å². The van der Waals surface area contributed by atoms with E-state index in [9.17, 15) is 9.50 Å². The number of aromatic hydroxyl groups is 1. The molecule has 0 radical (unpaired) electrons. The number of halogens is 2. The molecule has 3 rings (SSSR count). The van der Waals surface area contributed by atoms with Crippen LogP contribution in [0.25, 0.3) is 0 Å². The molecule has 1 atom stereocenters. The Kier molecular flexibility index (Phi) is 8.72. The van der Waals surface area contributed by atoms with Crippen molar-refractivity contribution in [3.8, 4) is 5.75 Å². The number of aliphatic imine (C=N–C) groups is 1. The highest BCUT2D eigenvalue weighted by atomic mass is 79.9. The van der Waals surface area contributed by atoms with Crippen LogP contribution in [-0.2, 0) is 6.54 Å². The van der Waals surface area contributed by atoms with Crippen molar-refractivity contribution >= 4 is 27.6 Å². The zero-order chi connectivity index (χ0) is 22.2. The number of phenolic OH excluding ortho intramolecular Hbond substituents is 1. The van der Waals surface area contributed by atoms with Crippen LogP contribution < -0.4 is 10.6 Å². The first-order chi connectivity index (χ1) is 14.9. The maximum Gasteiger partial charge on any atom is 0.196 e. The first kappa shape index (κ1) is 23.5. The number of anilines is 1. The Morgan fingerprint density at radius 3 is 2.87 bits per heavy atom. The molecule has 1 unspecified atom stereocenters. The summed E-state index contributed by atoms with van der Waals surface area (Å²) in [5, 5.41) is 16.4. The highest BCUT2D eigenvalue weighted by molar-refractivity contribution is 9.10. The van der Waals surface area contributed by atoms with Gasteiger partial charge in [-0.3, -0.25) is 0 Å². The third-order valence-electron chi connectivity index (χ3n) is 5.73. The lowest BCUT2D eigenvalue weighted by molar-refractivity contribution is 0.159. The Morgan fingerprint density at radius 2 is 2.10 bits per heavy atom. The molecule has 0 bridgehead atoms. The number of likely N-dealkylation sites (tertiary alicyclic amines) is 1. The largest absolute Gasteiger partial charge is 0.508 e. The summed E-state index contributed by atoms with van der Waals surface area (Å²) < 4.78 is 15.0. The van der Waals surface area contributed by atoms with Crippen LogP contribution in [0.3, 0.4) is 0 Å². The number of benzene rings is 2. The molecule has 5 nitrogen and oxygen atoms in total. The Labute approximate surface area is 192 Å². The van der Waals surface area contributed by atoms with Crippen LogP contribution in [0, 0.1) is 12.7 Å². The minimum Gasteiger partial charge on any atom is -0.508 e. The quantitative estimate of drug-likeness (QED) is 0.209. The van der Waals surface area contributed by atoms with Gasteiger partial charge in [-0.05, 0) is 81.6 Å². The van der Waals surface area contributed by atoms with Gasteiger partial charge in [0, 0.05) is 34.9 Å². The SMILES string of the molecule is Cc1cc(O)ccc1NC(=NCc1cc(Br)ccc1F)NCCCN1CCCCC1C. The Bertz CT molecular complexity index is 905. The average Bonchev–Trinajstić information content (AvgIpc) is 2.74. The summed E-state index contributed by atoms with van der Waals surface area (Å²) in [7, 11) is 0. The van der Waals surface area contributed by atoms with Gasteiger partial charge in [-0.2, -0.15) is 0 Å². The van der Waals surface area contributed by atoms with Crippen molar-refractivity contribution < 1.29 is 9.50 Å². The number of rotatable bonds is 7. The molecule has 3 N–H and O–H groups in total. The second kappa shape index (κ2) is 11.5. The number of guanidine groups is 1. The summed E-state index contributed by atoms with van der Waals surface area (Å²) in [5.74, 6) is 0.549. The highest BCUT2D eigenvalue weighted by Crippen LogP contribution is 2.21. The lowest BCUT2D eigenvalue weighted by atomic mass is 10.0. The summed E-state index contributed by atoms with van der Waals surface area (Å²) in [6, 6.07) is 10.7. The van der Waals surface area contributed by atoms with Crippen molar-refractivity contribution in [2.45, 2.75) is 52.1 Å². The number of hydrogen-bond donors (Lipinski definition) is 3. The standard InChI is InChI=1S/C24H32BrFN4O/c1-17-14-21(31)8-10-23(17)29-24(28-16-19-15-20(25)7-9-22(19)26)27-11-5-13-30-12-4-3-6-18(30)2/h7-10,14-15,18,31H,3-6,11-13,16H2,1-2H3,(H2,27,28,29). The van der Waals surface area contributed by atoms with E-state index in [0.29, 0.717) is 17.6 Å². The van der Waals surface area contributed by atoms with E-state index in [1.54, 1.807) is 24.3 Å². The maximum atomic E-state index is 14.1. The van der Waals surface area contributed by atoms with Crippen LogP contribution in [0.15, 0.2) is 45.9 Å². The predicted molar refractivity (Wildman–Crippen MR) is 129 cm³/mol. The zero-order valence-corrected chi connectivity index (χ0v) is 19.9. The number of hydrogen-bond acceptors (Lipinski definition) is 3. The molecule has 168 valence electrons. The van der Waals surface area contributed by atoms with Crippen molar-refractivity contribution in [1.82, 2.24) is 10.2 Å². The molecule has 0 saturated carbocycles. The first-order valence-corrected chi connectivity index (χ1v) is 11.7. The molecule has 1 heterocycles. The third-order valence-corrected chi connectivity index (χ3v) is 6.23. The Hall–Kier alpha value is -2.12. The minimum atomic E-state index is -0.272. The minimum absolute atomic E-state index is 0.223. The molecular weight excluding hydrogens is 459 g/mol. The zero-order valence-electron chi connectivity index (χ0n) is 18.3. The fourth-order valence-electron chi connectivity index (χ4n) is 3.86. The van der Waals surface area contributed by atoms with Crippen molar-refractivity contribution in [1.29, 1.82) is 0 Å². The second-order valence-corrected chi connectivity index (χ2v) is 9.10. The molecule has 1 fully saturated rings. The van der Waals surface area contributed by atoms with E-state index >= 15 is 0 Å². The molecule has 1 aliphatic rings. The van der Waals surface area contributed by atoms with Gasteiger partial charge in [-0.1, -0.05) is 22.4 Å². The van der Waals surface area contributed by atoms with Gasteiger partial charge in [-0.25, -0.2) is 9.38 Å². The van der Waals surface area contributed by atoms with Crippen LogP contribution >= 0.6 is 15.9 Å². The van der Waals surface area contributed by atoms with Crippen LogP contribution in [0.1, 0.15) is 43.7 Å². The average molecular weight is 491 g/mol. The number of phenols is 1. The van der Waals surface area contributed by atoms with E-state index in [1.807, 2.05) is 13.0 Å². The van der Waals surface area contributed by atoms with Gasteiger partial charge in [0.1, 0.15) is 11.6 Å². The van der Waals surface area contributed by atoms with Crippen molar-refractivity contribution in [2.24, 2.45) is 4.99 Å². The molecule has 31 heavy (non-hydrogen) atoms. The van der Waals surface area contributed by atoms with E-state index < -0.39 is 0 Å². The number of aryl methyl sites for hydroxylation is 1. The van der Waals surface area contributed by atoms with Crippen LogP contribution in [-0.4, -0.2) is 41.6 Å². The molecule has 1 saturated heterocycles. The predicted octanol–water partition coefficient (Wildman–Crippen LogP) is 5.42. The molecule has 0 amide bonds. The summed E-state index contributed by atoms with van der Waals surface area (Å²) in [6.07, 6.45) is 4.89. The molecule has 0 aliphatic carbocycles. The van der Waals surface area contributed by atoms with E-state index in [1.165, 1.54) is 31.9 Å². The monoisotopic (exact) mass is 490 g/mol. The molecule has 0 aromatic heterocycles. The normalized spacial score (nSPS) is 17.5. The van der Waals surface area contributed by atoms with Gasteiger partial charge < -0.3 is 20.6 Å². The highest BCUT2D eigenvalue weighted by Gasteiger charge is 2.17. The van der Waals surface area contributed by atoms with Crippen LogP contribution in [0.2, 0.25) is 0 Å². The lowest BCUT2D eigenvalue weighted by Gasteiger charge is -2.33. The number of piperidine rings is 1. The van der Waals surface area contributed by atoms with E-state index in [4.69, 9.17) is 0 Å². The Morgan fingerprint density at radius 1 is 1.26 bits per heavy atom. The lowest BCUT2D eigenvalue weighted by Crippen LogP contribution is -2.40. The van der Waals surface area contributed by atoms with Gasteiger partial charge in [-0.15, -0.1) is 0 Å². The number of nitrogens with one attached hydrogen (secondary N) is 2. The summed E-state index contributed by atoms with van der Waals surface area (Å²) in [4.78, 5) is 7.16. The smallest absolute Gasteiger partial charge is 0.196 e. The second-order valence-electron chi connectivity index (χ2n) is 8.19. The van der Waals surface area contributed by atoms with Crippen molar-refractivity contribution in [2.75, 3.05) is 25.0 Å². The summed E-state index contributed by atoms with van der Waals surface area (Å²) >= 11 is 3.39.